The molecule has 8 N–H and O–H groups in total. The quantitative estimate of drug-likeness (QED) is 0.201. The Morgan fingerprint density at radius 1 is 1.10 bits per heavy atom. The zero-order chi connectivity index (χ0) is 29.6. The molecule has 0 radical (unpaired) electrons. The molecule has 4 unspecified atom stereocenters. The van der Waals surface area contributed by atoms with Crippen molar-refractivity contribution < 1.29 is 49.8 Å². The predicted octanol–water partition coefficient (Wildman–Crippen LogP) is 0.202. The number of Topliss-reactive ketones (excluding diaryl/α,β-unsaturated/α-hetero) is 2. The summed E-state index contributed by atoms with van der Waals surface area (Å²) >= 11 is 0. The smallest absolute Gasteiger partial charge is 0.328 e. The molecule has 11 heteroatoms. The SMILES string of the molecule is CC(C)[C@H]1C(O)C(C(N)=O)C(=O)[C@]2(O)C(O)C3C(=O)c4c(ccc(/C=C/C(=O)O)c4O)[C@@H](C)[C@]3(C)[C@@H](O)[C@]12C. The molecule has 0 heterocycles. The summed E-state index contributed by atoms with van der Waals surface area (Å²) in [6.07, 6.45) is -3.62. The summed E-state index contributed by atoms with van der Waals surface area (Å²) in [6, 6.07) is 2.94. The maximum Gasteiger partial charge on any atom is 0.328 e. The third-order valence-corrected chi connectivity index (χ3v) is 10.1. The minimum Gasteiger partial charge on any atom is -0.507 e. The number of primary amides is 1. The Hall–Kier alpha value is -3.12. The number of carboxylic acid groups (broad SMARTS) is 1. The van der Waals surface area contributed by atoms with Crippen molar-refractivity contribution in [3.05, 3.63) is 34.9 Å². The van der Waals surface area contributed by atoms with Crippen LogP contribution < -0.4 is 5.73 Å². The fourth-order valence-corrected chi connectivity index (χ4v) is 8.07. The third-order valence-electron chi connectivity index (χ3n) is 10.1. The molecule has 2 saturated carbocycles. The molecule has 3 aliphatic carbocycles. The molecule has 39 heavy (non-hydrogen) atoms. The van der Waals surface area contributed by atoms with Crippen molar-refractivity contribution in [3.8, 4) is 5.75 Å². The zero-order valence-corrected chi connectivity index (χ0v) is 22.3. The van der Waals surface area contributed by atoms with Gasteiger partial charge in [-0.2, -0.15) is 0 Å². The van der Waals surface area contributed by atoms with Crippen molar-refractivity contribution in [3.63, 3.8) is 0 Å². The number of hydrogen-bond donors (Lipinski definition) is 7. The number of aliphatic carboxylic acids is 1. The van der Waals surface area contributed by atoms with Crippen molar-refractivity contribution >= 4 is 29.5 Å². The molecule has 11 nitrogen and oxygen atoms in total. The summed E-state index contributed by atoms with van der Waals surface area (Å²) < 4.78 is 0. The molecule has 1 aromatic carbocycles. The van der Waals surface area contributed by atoms with Gasteiger partial charge in [-0.05, 0) is 29.4 Å². The van der Waals surface area contributed by atoms with Gasteiger partial charge in [0.1, 0.15) is 17.8 Å². The average Bonchev–Trinajstić information content (AvgIpc) is 2.83. The van der Waals surface area contributed by atoms with Gasteiger partial charge in [0, 0.05) is 22.5 Å². The second-order valence-corrected chi connectivity index (χ2v) is 12.0. The first-order valence-electron chi connectivity index (χ1n) is 12.8. The van der Waals surface area contributed by atoms with E-state index in [4.69, 9.17) is 10.8 Å². The minimum atomic E-state index is -2.87. The van der Waals surface area contributed by atoms with Gasteiger partial charge in [-0.3, -0.25) is 14.4 Å². The van der Waals surface area contributed by atoms with Gasteiger partial charge >= 0.3 is 5.97 Å². The van der Waals surface area contributed by atoms with Crippen LogP contribution in [0.15, 0.2) is 18.2 Å². The van der Waals surface area contributed by atoms with E-state index in [9.17, 15) is 44.7 Å². The van der Waals surface area contributed by atoms with E-state index in [1.807, 2.05) is 0 Å². The summed E-state index contributed by atoms with van der Waals surface area (Å²) in [4.78, 5) is 51.1. The van der Waals surface area contributed by atoms with Crippen molar-refractivity contribution in [1.29, 1.82) is 0 Å². The van der Waals surface area contributed by atoms with Gasteiger partial charge in [0.05, 0.1) is 23.7 Å². The Morgan fingerprint density at radius 3 is 2.21 bits per heavy atom. The fraction of sp³-hybridized carbons (Fsp3) is 0.571. The van der Waals surface area contributed by atoms with Crippen molar-refractivity contribution in [2.24, 2.45) is 40.2 Å². The highest BCUT2D eigenvalue weighted by Crippen LogP contribution is 2.68. The molecule has 212 valence electrons. The molecule has 1 amide bonds. The third kappa shape index (κ3) is 3.36. The standard InChI is InChI=1S/C28H35NO10/c1-10(2)17-21(34)16(24(29)37)22(35)28(39)23(36)18-20(33)15-13(8-6-12(19(15)32)7-9-14(30)31)11(3)26(18,4)25(38)27(17,28)5/h6-11,16-18,21,23,25,32,34,36,38-39H,1-5H3,(H2,29,37)(H,30,31)/b9-7+/t11-,16?,17+,18?,21?,23?,25-,26+,27+,28+/m1/s1. The Labute approximate surface area is 225 Å². The number of phenols is 1. The highest BCUT2D eigenvalue weighted by atomic mass is 16.4. The average molecular weight is 546 g/mol. The van der Waals surface area contributed by atoms with Gasteiger partial charge in [0.15, 0.2) is 17.2 Å². The summed E-state index contributed by atoms with van der Waals surface area (Å²) in [5, 5.41) is 67.2. The molecule has 10 atom stereocenters. The van der Waals surface area contributed by atoms with Crippen LogP contribution >= 0.6 is 0 Å². The van der Waals surface area contributed by atoms with E-state index in [-0.39, 0.29) is 11.1 Å². The molecule has 1 aromatic rings. The Morgan fingerprint density at radius 2 is 1.69 bits per heavy atom. The van der Waals surface area contributed by atoms with Gasteiger partial charge in [-0.15, -0.1) is 0 Å². The number of carbonyl (C=O) groups excluding carboxylic acids is 3. The number of rotatable bonds is 4. The summed E-state index contributed by atoms with van der Waals surface area (Å²) in [5.74, 6) is -11.1. The van der Waals surface area contributed by atoms with E-state index in [1.54, 1.807) is 27.7 Å². The number of hydrogen-bond acceptors (Lipinski definition) is 9. The van der Waals surface area contributed by atoms with E-state index in [2.05, 4.69) is 0 Å². The highest BCUT2D eigenvalue weighted by Gasteiger charge is 2.80. The molecular formula is C28H35NO10. The number of aliphatic hydroxyl groups is 4. The number of phenolic OH excluding ortho intramolecular Hbond substituents is 1. The number of amides is 1. The van der Waals surface area contributed by atoms with E-state index in [0.717, 1.165) is 12.2 Å². The molecule has 2 fully saturated rings. The van der Waals surface area contributed by atoms with E-state index in [0.29, 0.717) is 5.56 Å². The van der Waals surface area contributed by atoms with Gasteiger partial charge in [0.2, 0.25) is 5.91 Å². The fourth-order valence-electron chi connectivity index (χ4n) is 8.07. The molecule has 0 bridgehead atoms. The van der Waals surface area contributed by atoms with Crippen LogP contribution in [0.1, 0.15) is 62.0 Å². The molecular weight excluding hydrogens is 510 g/mol. The molecule has 0 aliphatic heterocycles. The maximum atomic E-state index is 14.1. The topological polar surface area (TPSA) is 216 Å². The first kappa shape index (κ1) is 28.9. The molecule has 0 aromatic heterocycles. The number of carbonyl (C=O) groups is 4. The zero-order valence-electron chi connectivity index (χ0n) is 22.3. The number of nitrogens with two attached hydrogens (primary N) is 1. The van der Waals surface area contributed by atoms with Crippen LogP contribution in [0, 0.1) is 34.5 Å². The summed E-state index contributed by atoms with van der Waals surface area (Å²) in [6.45, 7) is 7.94. The van der Waals surface area contributed by atoms with Crippen LogP contribution in [0.25, 0.3) is 6.08 Å². The first-order chi connectivity index (χ1) is 17.9. The Balaban J connectivity index is 2.02. The van der Waals surface area contributed by atoms with Crippen LogP contribution in [0.2, 0.25) is 0 Å². The summed E-state index contributed by atoms with van der Waals surface area (Å²) in [5.41, 5.74) is -0.750. The summed E-state index contributed by atoms with van der Waals surface area (Å²) in [7, 11) is 0. The Kier molecular flexibility index (Phi) is 6.63. The normalized spacial score (nSPS) is 41.7. The lowest BCUT2D eigenvalue weighted by Gasteiger charge is -2.69. The minimum absolute atomic E-state index is 0.0141. The number of aromatic hydroxyl groups is 1. The Bertz CT molecular complexity index is 1310. The van der Waals surface area contributed by atoms with E-state index in [1.165, 1.54) is 19.1 Å². The number of ketones is 2. The van der Waals surface area contributed by atoms with E-state index >= 15 is 0 Å². The monoisotopic (exact) mass is 545 g/mol. The van der Waals surface area contributed by atoms with Crippen molar-refractivity contribution in [2.75, 3.05) is 0 Å². The lowest BCUT2D eigenvalue weighted by molar-refractivity contribution is -0.306. The molecule has 4 rings (SSSR count). The van der Waals surface area contributed by atoms with Crippen LogP contribution in [0.3, 0.4) is 0 Å². The maximum absolute atomic E-state index is 14.1. The number of carboxylic acids is 1. The lowest BCUT2D eigenvalue weighted by Crippen LogP contribution is -2.83. The number of aliphatic hydroxyl groups excluding tert-OH is 3. The second-order valence-electron chi connectivity index (χ2n) is 12.0. The lowest BCUT2D eigenvalue weighted by atomic mass is 9.36. The number of fused-ring (bicyclic) bond motifs is 3. The van der Waals surface area contributed by atoms with Gasteiger partial charge in [0.25, 0.3) is 0 Å². The van der Waals surface area contributed by atoms with E-state index < -0.39 is 93.5 Å². The second kappa shape index (κ2) is 8.95. The van der Waals surface area contributed by atoms with Crippen LogP contribution in [-0.4, -0.2) is 78.0 Å². The van der Waals surface area contributed by atoms with Crippen molar-refractivity contribution in [2.45, 2.75) is 64.4 Å². The molecule has 0 spiro atoms. The van der Waals surface area contributed by atoms with Gasteiger partial charge in [-0.1, -0.05) is 46.8 Å². The molecule has 0 saturated heterocycles. The largest absolute Gasteiger partial charge is 0.507 e. The van der Waals surface area contributed by atoms with Crippen LogP contribution in [0.5, 0.6) is 5.75 Å². The first-order valence-corrected chi connectivity index (χ1v) is 12.8. The van der Waals surface area contributed by atoms with Gasteiger partial charge in [-0.25, -0.2) is 4.79 Å². The number of benzene rings is 1. The molecule has 3 aliphatic rings. The van der Waals surface area contributed by atoms with Crippen LogP contribution in [0.4, 0.5) is 0 Å². The van der Waals surface area contributed by atoms with Crippen molar-refractivity contribution in [1.82, 2.24) is 0 Å². The van der Waals surface area contributed by atoms with Gasteiger partial charge < -0.3 is 36.4 Å². The predicted molar refractivity (Wildman–Crippen MR) is 136 cm³/mol. The highest BCUT2D eigenvalue weighted by molar-refractivity contribution is 6.09. The van der Waals surface area contributed by atoms with Crippen LogP contribution in [-0.2, 0) is 14.4 Å².